The normalized spacial score (nSPS) is 22.8. The van der Waals surface area contributed by atoms with Crippen LogP contribution in [-0.4, -0.2) is 74.6 Å². The summed E-state index contributed by atoms with van der Waals surface area (Å²) in [5.74, 6) is -0.559. The number of carboxylic acids is 1. The first-order chi connectivity index (χ1) is 14.5. The summed E-state index contributed by atoms with van der Waals surface area (Å²) in [5.41, 5.74) is 1.17. The molecule has 2 N–H and O–H groups in total. The largest absolute Gasteiger partial charge is 0.497 e. The first-order valence-corrected chi connectivity index (χ1v) is 9.66. The number of aliphatic carboxylic acids is 1. The summed E-state index contributed by atoms with van der Waals surface area (Å²) in [6.07, 6.45) is -3.33. The second kappa shape index (κ2) is 10.7. The van der Waals surface area contributed by atoms with E-state index in [1.54, 1.807) is 21.3 Å². The number of likely N-dealkylation sites (tertiary alicyclic amines) is 1. The van der Waals surface area contributed by atoms with Crippen molar-refractivity contribution in [2.75, 3.05) is 34.4 Å². The highest BCUT2D eigenvalue weighted by molar-refractivity contribution is 5.76. The Labute approximate surface area is 178 Å². The van der Waals surface area contributed by atoms with Gasteiger partial charge >= 0.3 is 12.1 Å². The van der Waals surface area contributed by atoms with Gasteiger partial charge in [-0.25, -0.2) is 4.79 Å². The lowest BCUT2D eigenvalue weighted by atomic mass is 10.0. The molecule has 0 aliphatic carbocycles. The third kappa shape index (κ3) is 7.28. The Morgan fingerprint density at radius 1 is 1.19 bits per heavy atom. The van der Waals surface area contributed by atoms with Gasteiger partial charge in [0, 0.05) is 38.7 Å². The number of carbonyl (C=O) groups is 2. The van der Waals surface area contributed by atoms with Crippen LogP contribution in [0.1, 0.15) is 18.4 Å². The number of hydrogen-bond acceptors (Lipinski definition) is 6. The molecule has 0 unspecified atom stereocenters. The molecule has 174 valence electrons. The van der Waals surface area contributed by atoms with Crippen LogP contribution < -0.4 is 14.8 Å². The van der Waals surface area contributed by atoms with Gasteiger partial charge in [0.15, 0.2) is 0 Å². The van der Waals surface area contributed by atoms with Gasteiger partial charge in [0.2, 0.25) is 5.91 Å². The summed E-state index contributed by atoms with van der Waals surface area (Å²) in [4.78, 5) is 22.8. The van der Waals surface area contributed by atoms with Crippen molar-refractivity contribution in [3.8, 4) is 11.5 Å². The van der Waals surface area contributed by atoms with Gasteiger partial charge in [0.25, 0.3) is 0 Å². The van der Waals surface area contributed by atoms with Crippen LogP contribution in [0.15, 0.2) is 18.2 Å². The quantitative estimate of drug-likeness (QED) is 0.688. The zero-order chi connectivity index (χ0) is 23.2. The van der Waals surface area contributed by atoms with E-state index in [1.165, 1.54) is 5.56 Å². The lowest BCUT2D eigenvalue weighted by molar-refractivity contribution is -0.192. The summed E-state index contributed by atoms with van der Waals surface area (Å²) < 4.78 is 48.5. The summed E-state index contributed by atoms with van der Waals surface area (Å²) in [5, 5.41) is 9.79. The Morgan fingerprint density at radius 3 is 2.23 bits per heavy atom. The molecule has 3 rings (SSSR count). The molecule has 0 saturated carbocycles. The van der Waals surface area contributed by atoms with Crippen LogP contribution >= 0.6 is 0 Å². The maximum absolute atomic E-state index is 11.5. The van der Waals surface area contributed by atoms with E-state index >= 15 is 0 Å². The molecule has 8 nitrogen and oxygen atoms in total. The zero-order valence-corrected chi connectivity index (χ0v) is 17.6. The van der Waals surface area contributed by atoms with Crippen molar-refractivity contribution in [3.63, 3.8) is 0 Å². The molecule has 2 heterocycles. The molecular weight excluding hydrogens is 421 g/mol. The minimum atomic E-state index is -5.08. The fraction of sp³-hybridized carbons (Fsp3) is 0.600. The lowest BCUT2D eigenvalue weighted by Crippen LogP contribution is -2.28. The summed E-state index contributed by atoms with van der Waals surface area (Å²) in [7, 11) is 5.00. The molecule has 0 aromatic heterocycles. The van der Waals surface area contributed by atoms with Crippen LogP contribution in [0, 0.1) is 5.92 Å². The lowest BCUT2D eigenvalue weighted by Gasteiger charge is -2.19. The van der Waals surface area contributed by atoms with Gasteiger partial charge in [-0.15, -0.1) is 0 Å². The van der Waals surface area contributed by atoms with E-state index in [4.69, 9.17) is 24.1 Å². The minimum absolute atomic E-state index is 0.0558. The first-order valence-electron chi connectivity index (χ1n) is 9.66. The molecule has 31 heavy (non-hydrogen) atoms. The fourth-order valence-corrected chi connectivity index (χ4v) is 3.73. The molecule has 1 amide bonds. The summed E-state index contributed by atoms with van der Waals surface area (Å²) >= 11 is 0. The first kappa shape index (κ1) is 24.7. The molecule has 2 aliphatic rings. The number of alkyl halides is 3. The number of fused-ring (bicyclic) bond motifs is 1. The van der Waals surface area contributed by atoms with Crippen molar-refractivity contribution in [3.05, 3.63) is 23.8 Å². The van der Waals surface area contributed by atoms with Gasteiger partial charge in [-0.3, -0.25) is 9.69 Å². The molecular formula is C20H27F3N2O6. The molecule has 3 atom stereocenters. The highest BCUT2D eigenvalue weighted by atomic mass is 19.4. The van der Waals surface area contributed by atoms with Crippen LogP contribution in [0.3, 0.4) is 0 Å². The third-order valence-corrected chi connectivity index (χ3v) is 5.14. The SMILES string of the molecule is CNC(=O)C[C@H]1C[C@H]2CN(Cc3cc(OC)cc(OC)c3)C[C@H]2O1.O=C(O)C(F)(F)F. The number of benzene rings is 1. The number of nitrogens with zero attached hydrogens (tertiary/aromatic N) is 1. The number of nitrogens with one attached hydrogen (secondary N) is 1. The van der Waals surface area contributed by atoms with E-state index in [-0.39, 0.29) is 18.1 Å². The number of hydrogen-bond donors (Lipinski definition) is 2. The standard InChI is InChI=1S/C18H26N2O4.C2HF3O2/c1-19-18(21)8-16-6-13-10-20(11-17(13)24-16)9-12-4-14(22-2)7-15(5-12)23-3;3-2(4,5)1(6)7/h4-5,7,13,16-17H,6,8-11H2,1-3H3,(H,19,21);(H,6,7)/t13-,16+,17+;/m0./s1. The number of amides is 1. The topological polar surface area (TPSA) is 97.3 Å². The predicted octanol–water partition coefficient (Wildman–Crippen LogP) is 2.06. The minimum Gasteiger partial charge on any atom is -0.497 e. The van der Waals surface area contributed by atoms with Crippen molar-refractivity contribution in [1.82, 2.24) is 10.2 Å². The highest BCUT2D eigenvalue weighted by Gasteiger charge is 2.42. The molecule has 1 aromatic carbocycles. The zero-order valence-electron chi connectivity index (χ0n) is 17.6. The Morgan fingerprint density at radius 2 is 1.77 bits per heavy atom. The van der Waals surface area contributed by atoms with Crippen LogP contribution in [0.25, 0.3) is 0 Å². The van der Waals surface area contributed by atoms with E-state index in [9.17, 15) is 18.0 Å². The van der Waals surface area contributed by atoms with Crippen LogP contribution in [0.4, 0.5) is 13.2 Å². The van der Waals surface area contributed by atoms with Gasteiger partial charge in [0.05, 0.1) is 32.8 Å². The number of rotatable bonds is 6. The number of carboxylic acid groups (broad SMARTS) is 1. The molecule has 0 spiro atoms. The van der Waals surface area contributed by atoms with E-state index in [0.29, 0.717) is 12.3 Å². The summed E-state index contributed by atoms with van der Waals surface area (Å²) in [6, 6.07) is 5.98. The Hall–Kier alpha value is -2.53. The van der Waals surface area contributed by atoms with Crippen molar-refractivity contribution < 1.29 is 42.1 Å². The molecule has 2 aliphatic heterocycles. The van der Waals surface area contributed by atoms with Crippen molar-refractivity contribution >= 4 is 11.9 Å². The van der Waals surface area contributed by atoms with Crippen molar-refractivity contribution in [2.45, 2.75) is 37.8 Å². The Balaban J connectivity index is 0.000000423. The van der Waals surface area contributed by atoms with E-state index in [1.807, 2.05) is 18.2 Å². The number of halogens is 3. The molecule has 0 radical (unpaired) electrons. The Kier molecular flexibility index (Phi) is 8.52. The maximum atomic E-state index is 11.5. The summed E-state index contributed by atoms with van der Waals surface area (Å²) in [6.45, 7) is 2.77. The average Bonchev–Trinajstić information content (AvgIpc) is 3.24. The highest BCUT2D eigenvalue weighted by Crippen LogP contribution is 2.35. The third-order valence-electron chi connectivity index (χ3n) is 5.14. The van der Waals surface area contributed by atoms with Crippen molar-refractivity contribution in [2.24, 2.45) is 5.92 Å². The number of ether oxygens (including phenoxy) is 3. The second-order valence-corrected chi connectivity index (χ2v) is 7.39. The fourth-order valence-electron chi connectivity index (χ4n) is 3.73. The molecule has 2 saturated heterocycles. The molecule has 1 aromatic rings. The van der Waals surface area contributed by atoms with Gasteiger partial charge in [-0.2, -0.15) is 13.2 Å². The van der Waals surface area contributed by atoms with Gasteiger partial charge in [-0.1, -0.05) is 0 Å². The van der Waals surface area contributed by atoms with Crippen LogP contribution in [0.5, 0.6) is 11.5 Å². The van der Waals surface area contributed by atoms with E-state index in [0.717, 1.165) is 37.6 Å². The maximum Gasteiger partial charge on any atom is 0.490 e. The smallest absolute Gasteiger partial charge is 0.490 e. The average molecular weight is 448 g/mol. The number of methoxy groups -OCH3 is 2. The van der Waals surface area contributed by atoms with Crippen LogP contribution in [0.2, 0.25) is 0 Å². The molecule has 0 bridgehead atoms. The van der Waals surface area contributed by atoms with E-state index in [2.05, 4.69) is 10.2 Å². The van der Waals surface area contributed by atoms with Crippen molar-refractivity contribution in [1.29, 1.82) is 0 Å². The Bertz CT molecular complexity index is 738. The van der Waals surface area contributed by atoms with Gasteiger partial charge < -0.3 is 24.6 Å². The monoisotopic (exact) mass is 448 g/mol. The molecule has 11 heteroatoms. The predicted molar refractivity (Wildman–Crippen MR) is 104 cm³/mol. The van der Waals surface area contributed by atoms with E-state index < -0.39 is 12.1 Å². The molecule has 2 fully saturated rings. The van der Waals surface area contributed by atoms with Crippen LogP contribution in [-0.2, 0) is 20.9 Å². The van der Waals surface area contributed by atoms with Gasteiger partial charge in [0.1, 0.15) is 11.5 Å². The number of carbonyl (C=O) groups excluding carboxylic acids is 1. The second-order valence-electron chi connectivity index (χ2n) is 7.39. The van der Waals surface area contributed by atoms with Gasteiger partial charge in [-0.05, 0) is 24.1 Å².